The van der Waals surface area contributed by atoms with Crippen LogP contribution in [0.4, 0.5) is 5.69 Å². The van der Waals surface area contributed by atoms with E-state index >= 15 is 0 Å². The van der Waals surface area contributed by atoms with E-state index in [2.05, 4.69) is 5.32 Å². The zero-order valence-corrected chi connectivity index (χ0v) is 23.6. The zero-order chi connectivity index (χ0) is 27.8. The lowest BCUT2D eigenvalue weighted by Gasteiger charge is -2.34. The molecule has 1 aliphatic carbocycles. The first-order valence-corrected chi connectivity index (χ1v) is 15.5. The number of hydrogen-bond acceptors (Lipinski definition) is 6. The average Bonchev–Trinajstić information content (AvgIpc) is 3.43. The molecule has 9 nitrogen and oxygen atoms in total. The molecule has 2 amide bonds. The Hall–Kier alpha value is -3.27. The van der Waals surface area contributed by atoms with Gasteiger partial charge in [-0.25, -0.2) is 8.42 Å². The van der Waals surface area contributed by atoms with Gasteiger partial charge in [-0.15, -0.1) is 0 Å². The largest absolute Gasteiger partial charge is 0.454 e. The Labute approximate surface area is 231 Å². The molecule has 1 N–H and O–H groups in total. The number of sulfonamides is 1. The second kappa shape index (κ2) is 13.2. The van der Waals surface area contributed by atoms with Crippen LogP contribution < -0.4 is 19.1 Å². The highest BCUT2D eigenvalue weighted by atomic mass is 32.2. The van der Waals surface area contributed by atoms with E-state index in [-0.39, 0.29) is 24.5 Å². The Balaban J connectivity index is 1.59. The predicted molar refractivity (Wildman–Crippen MR) is 150 cm³/mol. The molecule has 0 spiro atoms. The van der Waals surface area contributed by atoms with E-state index in [1.54, 1.807) is 30.0 Å². The third kappa shape index (κ3) is 7.23. The molecule has 0 bridgehead atoms. The van der Waals surface area contributed by atoms with Gasteiger partial charge < -0.3 is 19.7 Å². The van der Waals surface area contributed by atoms with E-state index in [4.69, 9.17) is 9.47 Å². The van der Waals surface area contributed by atoms with Gasteiger partial charge in [-0.3, -0.25) is 13.9 Å². The highest BCUT2D eigenvalue weighted by Gasteiger charge is 2.33. The van der Waals surface area contributed by atoms with Gasteiger partial charge >= 0.3 is 0 Å². The van der Waals surface area contributed by atoms with Crippen LogP contribution in [0.3, 0.4) is 0 Å². The van der Waals surface area contributed by atoms with Gasteiger partial charge in [0.05, 0.1) is 11.4 Å². The van der Waals surface area contributed by atoms with Gasteiger partial charge in [-0.1, -0.05) is 56.5 Å². The van der Waals surface area contributed by atoms with Crippen molar-refractivity contribution in [2.75, 3.05) is 29.9 Å². The van der Waals surface area contributed by atoms with Gasteiger partial charge in [0, 0.05) is 18.7 Å². The number of anilines is 1. The standard InChI is InChI=1S/C29H39N3O6S/c1-3-25(29(34)30-23-13-9-6-10-14-23)31(18-17-22-11-7-5-8-12-22)28(33)20-32(39(35,36)4-2)24-15-16-26-27(19-24)38-21-37-26/h5,7-8,11-12,15-16,19,23,25H,3-4,6,9-10,13-14,17-18,20-21H2,1-2H3,(H,30,34)/t25-/m1/s1. The molecular formula is C29H39N3O6S. The second-order valence-corrected chi connectivity index (χ2v) is 12.2. The number of nitrogens with zero attached hydrogens (tertiary/aromatic N) is 2. The molecule has 1 heterocycles. The van der Waals surface area contributed by atoms with Crippen LogP contribution in [-0.2, 0) is 26.0 Å². The molecule has 1 fully saturated rings. The Kier molecular flexibility index (Phi) is 9.72. The summed E-state index contributed by atoms with van der Waals surface area (Å²) in [7, 11) is -3.81. The fourth-order valence-corrected chi connectivity index (χ4v) is 6.25. The van der Waals surface area contributed by atoms with Crippen LogP contribution in [0.15, 0.2) is 48.5 Å². The third-order valence-corrected chi connectivity index (χ3v) is 9.19. The molecule has 2 aromatic carbocycles. The molecular weight excluding hydrogens is 518 g/mol. The summed E-state index contributed by atoms with van der Waals surface area (Å²) in [5, 5.41) is 3.16. The molecule has 1 aliphatic heterocycles. The molecule has 4 rings (SSSR count). The Morgan fingerprint density at radius 1 is 1.00 bits per heavy atom. The smallest absolute Gasteiger partial charge is 0.244 e. The minimum atomic E-state index is -3.81. The highest BCUT2D eigenvalue weighted by Crippen LogP contribution is 2.36. The summed E-state index contributed by atoms with van der Waals surface area (Å²) in [5.74, 6) is 0.160. The molecule has 0 saturated heterocycles. The van der Waals surface area contributed by atoms with E-state index in [1.165, 1.54) is 6.42 Å². The summed E-state index contributed by atoms with van der Waals surface area (Å²) in [6.07, 6.45) is 6.18. The normalized spacial score (nSPS) is 15.9. The monoisotopic (exact) mass is 557 g/mol. The zero-order valence-electron chi connectivity index (χ0n) is 22.8. The van der Waals surface area contributed by atoms with Gasteiger partial charge in [0.1, 0.15) is 12.6 Å². The van der Waals surface area contributed by atoms with Crippen LogP contribution in [0.5, 0.6) is 11.5 Å². The summed E-state index contributed by atoms with van der Waals surface area (Å²) in [4.78, 5) is 28.9. The maximum Gasteiger partial charge on any atom is 0.244 e. The SMILES string of the molecule is CC[C@H](C(=O)NC1CCCCC1)N(CCc1ccccc1)C(=O)CN(c1ccc2c(c1)OCO2)S(=O)(=O)CC. The first-order chi connectivity index (χ1) is 18.8. The van der Waals surface area contributed by atoms with Crippen molar-refractivity contribution >= 4 is 27.5 Å². The topological polar surface area (TPSA) is 105 Å². The average molecular weight is 558 g/mol. The molecule has 0 radical (unpaired) electrons. The summed E-state index contributed by atoms with van der Waals surface area (Å²) in [5.41, 5.74) is 1.35. The van der Waals surface area contributed by atoms with Gasteiger partial charge in [0.2, 0.25) is 28.6 Å². The molecule has 212 valence electrons. The number of hydrogen-bond donors (Lipinski definition) is 1. The maximum absolute atomic E-state index is 13.9. The van der Waals surface area contributed by atoms with Crippen molar-refractivity contribution < 1.29 is 27.5 Å². The van der Waals surface area contributed by atoms with E-state index in [0.717, 1.165) is 35.6 Å². The second-order valence-electron chi connectivity index (χ2n) is 10.0. The van der Waals surface area contributed by atoms with Crippen LogP contribution in [0, 0.1) is 0 Å². The van der Waals surface area contributed by atoms with E-state index in [0.29, 0.717) is 36.6 Å². The summed E-state index contributed by atoms with van der Waals surface area (Å²) in [6, 6.07) is 14.0. The number of nitrogens with one attached hydrogen (secondary N) is 1. The molecule has 39 heavy (non-hydrogen) atoms. The van der Waals surface area contributed by atoms with Gasteiger partial charge in [0.25, 0.3) is 0 Å². The maximum atomic E-state index is 13.9. The summed E-state index contributed by atoms with van der Waals surface area (Å²) in [6.45, 7) is 3.35. The first-order valence-electron chi connectivity index (χ1n) is 13.9. The minimum Gasteiger partial charge on any atom is -0.454 e. The number of carbonyl (C=O) groups is 2. The van der Waals surface area contributed by atoms with Crippen LogP contribution in [-0.4, -0.2) is 62.9 Å². The quantitative estimate of drug-likeness (QED) is 0.425. The predicted octanol–water partition coefficient (Wildman–Crippen LogP) is 3.87. The Morgan fingerprint density at radius 2 is 1.72 bits per heavy atom. The van der Waals surface area contributed by atoms with Crippen molar-refractivity contribution in [2.45, 2.75) is 70.9 Å². The number of amides is 2. The summed E-state index contributed by atoms with van der Waals surface area (Å²) >= 11 is 0. The molecule has 0 aromatic heterocycles. The Morgan fingerprint density at radius 3 is 2.41 bits per heavy atom. The fraction of sp³-hybridized carbons (Fsp3) is 0.517. The summed E-state index contributed by atoms with van der Waals surface area (Å²) < 4.78 is 38.3. The number of benzene rings is 2. The van der Waals surface area contributed by atoms with Crippen molar-refractivity contribution in [2.24, 2.45) is 0 Å². The van der Waals surface area contributed by atoms with Gasteiger partial charge in [-0.05, 0) is 50.3 Å². The molecule has 10 heteroatoms. The number of carbonyl (C=O) groups excluding carboxylic acids is 2. The third-order valence-electron chi connectivity index (χ3n) is 7.45. The molecule has 0 unspecified atom stereocenters. The lowest BCUT2D eigenvalue weighted by Crippen LogP contribution is -2.54. The van der Waals surface area contributed by atoms with Crippen molar-refractivity contribution in [3.8, 4) is 11.5 Å². The highest BCUT2D eigenvalue weighted by molar-refractivity contribution is 7.92. The minimum absolute atomic E-state index is 0.0554. The van der Waals surface area contributed by atoms with Crippen molar-refractivity contribution in [1.29, 1.82) is 0 Å². The van der Waals surface area contributed by atoms with Crippen molar-refractivity contribution in [3.05, 3.63) is 54.1 Å². The molecule has 1 saturated carbocycles. The van der Waals surface area contributed by atoms with Gasteiger partial charge in [-0.2, -0.15) is 0 Å². The Bertz CT molecular complexity index is 1230. The first kappa shape index (κ1) is 28.7. The van der Waals surface area contributed by atoms with Crippen molar-refractivity contribution in [1.82, 2.24) is 10.2 Å². The fourth-order valence-electron chi connectivity index (χ4n) is 5.20. The number of ether oxygens (including phenoxy) is 2. The molecule has 2 aliphatic rings. The van der Waals surface area contributed by atoms with Gasteiger partial charge in [0.15, 0.2) is 11.5 Å². The molecule has 2 aromatic rings. The van der Waals surface area contributed by atoms with Crippen LogP contribution in [0.1, 0.15) is 57.9 Å². The number of rotatable bonds is 12. The lowest BCUT2D eigenvalue weighted by atomic mass is 9.95. The van der Waals surface area contributed by atoms with E-state index in [1.807, 2.05) is 37.3 Å². The lowest BCUT2D eigenvalue weighted by molar-refractivity contribution is -0.140. The van der Waals surface area contributed by atoms with Crippen LogP contribution >= 0.6 is 0 Å². The van der Waals surface area contributed by atoms with Crippen molar-refractivity contribution in [3.63, 3.8) is 0 Å². The molecule has 1 atom stereocenters. The number of fused-ring (bicyclic) bond motifs is 1. The van der Waals surface area contributed by atoms with Crippen LogP contribution in [0.25, 0.3) is 0 Å². The van der Waals surface area contributed by atoms with E-state index in [9.17, 15) is 18.0 Å². The van der Waals surface area contributed by atoms with E-state index < -0.39 is 28.5 Å². The van der Waals surface area contributed by atoms with Crippen LogP contribution in [0.2, 0.25) is 0 Å².